The highest BCUT2D eigenvalue weighted by atomic mass is 16.6. The number of piperidine rings is 1. The molecule has 154 valence electrons. The van der Waals surface area contributed by atoms with Crippen LogP contribution in [0, 0.1) is 5.92 Å². The average molecular weight is 386 g/mol. The van der Waals surface area contributed by atoms with Crippen molar-refractivity contribution >= 4 is 23.8 Å². The normalized spacial score (nSPS) is 15.7. The second kappa shape index (κ2) is 10.9. The third-order valence-corrected chi connectivity index (χ3v) is 4.31. The van der Waals surface area contributed by atoms with E-state index in [1.54, 1.807) is 20.8 Å². The van der Waals surface area contributed by atoms with Gasteiger partial charge >= 0.3 is 17.9 Å². The fourth-order valence-electron chi connectivity index (χ4n) is 3.09. The van der Waals surface area contributed by atoms with Gasteiger partial charge in [-0.1, -0.05) is 0 Å². The Balaban J connectivity index is 2.96. The van der Waals surface area contributed by atoms with Crippen molar-refractivity contribution in [3.63, 3.8) is 0 Å². The number of esters is 3. The van der Waals surface area contributed by atoms with Gasteiger partial charge in [-0.05, 0) is 46.7 Å². The number of ether oxygens (including phenoxy) is 3. The van der Waals surface area contributed by atoms with E-state index in [1.807, 2.05) is 4.90 Å². The lowest BCUT2D eigenvalue weighted by Crippen LogP contribution is -2.66. The first-order chi connectivity index (χ1) is 12.8. The number of nitrogens with zero attached hydrogens (tertiary/aromatic N) is 1. The molecule has 1 aliphatic rings. The Morgan fingerprint density at radius 3 is 1.81 bits per heavy atom. The summed E-state index contributed by atoms with van der Waals surface area (Å²) in [7, 11) is 0. The van der Waals surface area contributed by atoms with Gasteiger partial charge in [0.2, 0.25) is 11.4 Å². The van der Waals surface area contributed by atoms with Crippen LogP contribution in [0.2, 0.25) is 0 Å². The fraction of sp³-hybridized carbons (Fsp3) is 0.778. The highest BCUT2D eigenvalue weighted by Gasteiger charge is 2.51. The van der Waals surface area contributed by atoms with Crippen molar-refractivity contribution in [3.8, 4) is 0 Å². The Morgan fingerprint density at radius 2 is 1.41 bits per heavy atom. The average Bonchev–Trinajstić information content (AvgIpc) is 2.61. The van der Waals surface area contributed by atoms with Gasteiger partial charge in [-0.15, -0.1) is 0 Å². The van der Waals surface area contributed by atoms with Gasteiger partial charge in [0.25, 0.3) is 0 Å². The second-order valence-corrected chi connectivity index (χ2v) is 6.33. The van der Waals surface area contributed by atoms with Gasteiger partial charge < -0.3 is 19.5 Å². The lowest BCUT2D eigenvalue weighted by molar-refractivity contribution is -0.169. The minimum Gasteiger partial charge on any atom is -0.466 e. The predicted octanol–water partition coefficient (Wildman–Crippen LogP) is 0.263. The molecule has 1 rings (SSSR count). The van der Waals surface area contributed by atoms with Crippen molar-refractivity contribution in [3.05, 3.63) is 0 Å². The quantitative estimate of drug-likeness (QED) is 0.341. The lowest BCUT2D eigenvalue weighted by Gasteiger charge is -2.37. The predicted molar refractivity (Wildman–Crippen MR) is 95.6 cm³/mol. The molecule has 0 aromatic carbocycles. The summed E-state index contributed by atoms with van der Waals surface area (Å²) in [5.74, 6) is -2.70. The molecule has 0 saturated carbocycles. The van der Waals surface area contributed by atoms with Gasteiger partial charge in [-0.2, -0.15) is 0 Å². The van der Waals surface area contributed by atoms with E-state index >= 15 is 0 Å². The Bertz CT molecular complexity index is 524. The molecule has 27 heavy (non-hydrogen) atoms. The van der Waals surface area contributed by atoms with Gasteiger partial charge in [0, 0.05) is 13.5 Å². The van der Waals surface area contributed by atoms with Crippen LogP contribution in [-0.4, -0.2) is 73.7 Å². The molecule has 0 aliphatic carbocycles. The molecule has 1 N–H and O–H groups in total. The van der Waals surface area contributed by atoms with Crippen LogP contribution >= 0.6 is 0 Å². The van der Waals surface area contributed by atoms with E-state index in [-0.39, 0.29) is 31.6 Å². The summed E-state index contributed by atoms with van der Waals surface area (Å²) < 4.78 is 15.2. The van der Waals surface area contributed by atoms with Crippen LogP contribution in [0.5, 0.6) is 0 Å². The number of nitrogens with one attached hydrogen (secondary N) is 1. The number of hydrogen-bond acceptors (Lipinski definition) is 8. The first kappa shape index (κ1) is 22.9. The van der Waals surface area contributed by atoms with Crippen LogP contribution in [0.25, 0.3) is 0 Å². The number of hydrogen-bond donors (Lipinski definition) is 1. The summed E-state index contributed by atoms with van der Waals surface area (Å²) >= 11 is 0. The Morgan fingerprint density at radius 1 is 0.926 bits per heavy atom. The molecule has 9 heteroatoms. The summed E-state index contributed by atoms with van der Waals surface area (Å²) in [5, 5.41) is 2.44. The summed E-state index contributed by atoms with van der Waals surface area (Å²) in [4.78, 5) is 50.7. The third kappa shape index (κ3) is 6.20. The number of amides is 1. The van der Waals surface area contributed by atoms with Gasteiger partial charge in [0.1, 0.15) is 0 Å². The zero-order valence-electron chi connectivity index (χ0n) is 16.5. The minimum atomic E-state index is -1.94. The maximum absolute atomic E-state index is 12.6. The molecule has 1 heterocycles. The van der Waals surface area contributed by atoms with E-state index in [0.29, 0.717) is 32.5 Å². The molecule has 1 saturated heterocycles. The first-order valence-corrected chi connectivity index (χ1v) is 9.32. The Kier molecular flexibility index (Phi) is 9.20. The smallest absolute Gasteiger partial charge is 0.345 e. The number of carbonyl (C=O) groups excluding carboxylic acids is 4. The van der Waals surface area contributed by atoms with E-state index in [1.165, 1.54) is 6.92 Å². The van der Waals surface area contributed by atoms with Crippen LogP contribution in [0.15, 0.2) is 0 Å². The molecule has 0 unspecified atom stereocenters. The summed E-state index contributed by atoms with van der Waals surface area (Å²) in [6.07, 6.45) is 1.08. The van der Waals surface area contributed by atoms with Crippen molar-refractivity contribution in [1.29, 1.82) is 0 Å². The van der Waals surface area contributed by atoms with Crippen molar-refractivity contribution in [2.24, 2.45) is 5.92 Å². The molecular weight excluding hydrogens is 356 g/mol. The van der Waals surface area contributed by atoms with Gasteiger partial charge in [0.05, 0.1) is 25.7 Å². The van der Waals surface area contributed by atoms with Gasteiger partial charge in [-0.25, -0.2) is 9.59 Å². The number of likely N-dealkylation sites (tertiary alicyclic amines) is 1. The van der Waals surface area contributed by atoms with Crippen molar-refractivity contribution in [2.45, 2.75) is 46.1 Å². The monoisotopic (exact) mass is 386 g/mol. The Hall–Kier alpha value is -2.16. The van der Waals surface area contributed by atoms with Gasteiger partial charge in [-0.3, -0.25) is 14.5 Å². The minimum absolute atomic E-state index is 0.0600. The zero-order chi connectivity index (χ0) is 20.4. The van der Waals surface area contributed by atoms with Crippen LogP contribution < -0.4 is 5.32 Å². The third-order valence-electron chi connectivity index (χ3n) is 4.31. The molecule has 1 amide bonds. The van der Waals surface area contributed by atoms with Crippen molar-refractivity contribution in [2.75, 3.05) is 39.5 Å². The molecule has 1 fully saturated rings. The Labute approximate surface area is 159 Å². The first-order valence-electron chi connectivity index (χ1n) is 9.32. The zero-order valence-corrected chi connectivity index (χ0v) is 16.5. The maximum Gasteiger partial charge on any atom is 0.345 e. The standard InChI is InChI=1S/C18H30N2O7/c1-5-25-15(22)14-8-10-20(11-9-14)12-18(19-13(4)21,16(23)26-6-2)17(24)27-7-3/h14H,5-12H2,1-4H3,(H,19,21). The SMILES string of the molecule is CCOC(=O)C1CCN(CC(NC(C)=O)(C(=O)OCC)C(=O)OCC)CC1. The molecule has 0 aromatic rings. The maximum atomic E-state index is 12.6. The fourth-order valence-corrected chi connectivity index (χ4v) is 3.09. The topological polar surface area (TPSA) is 111 Å². The van der Waals surface area contributed by atoms with E-state index in [0.717, 1.165) is 0 Å². The van der Waals surface area contributed by atoms with Crippen LogP contribution in [0.3, 0.4) is 0 Å². The molecule has 0 aromatic heterocycles. The molecule has 1 aliphatic heterocycles. The molecular formula is C18H30N2O7. The highest BCUT2D eigenvalue weighted by molar-refractivity contribution is 6.08. The van der Waals surface area contributed by atoms with E-state index in [2.05, 4.69) is 5.32 Å². The van der Waals surface area contributed by atoms with Crippen molar-refractivity contribution in [1.82, 2.24) is 10.2 Å². The molecule has 0 bridgehead atoms. The van der Waals surface area contributed by atoms with Crippen LogP contribution in [-0.2, 0) is 33.4 Å². The largest absolute Gasteiger partial charge is 0.466 e. The van der Waals surface area contributed by atoms with Crippen molar-refractivity contribution < 1.29 is 33.4 Å². The van der Waals surface area contributed by atoms with E-state index in [4.69, 9.17) is 14.2 Å². The van der Waals surface area contributed by atoms with E-state index in [9.17, 15) is 19.2 Å². The lowest BCUT2D eigenvalue weighted by atomic mass is 9.93. The summed E-state index contributed by atoms with van der Waals surface area (Å²) in [6.45, 7) is 7.53. The highest BCUT2D eigenvalue weighted by Crippen LogP contribution is 2.22. The van der Waals surface area contributed by atoms with E-state index < -0.39 is 23.4 Å². The molecule has 0 atom stereocenters. The summed E-state index contributed by atoms with van der Waals surface area (Å²) in [6, 6.07) is 0. The van der Waals surface area contributed by atoms with Crippen LogP contribution in [0.4, 0.5) is 0 Å². The molecule has 0 spiro atoms. The number of rotatable bonds is 9. The summed E-state index contributed by atoms with van der Waals surface area (Å²) in [5.41, 5.74) is -1.94. The van der Waals surface area contributed by atoms with Gasteiger partial charge in [0.15, 0.2) is 0 Å². The second-order valence-electron chi connectivity index (χ2n) is 6.33. The molecule has 9 nitrogen and oxygen atoms in total. The molecule has 0 radical (unpaired) electrons. The number of carbonyl (C=O) groups is 4. The van der Waals surface area contributed by atoms with Crippen LogP contribution in [0.1, 0.15) is 40.5 Å².